The third-order valence-corrected chi connectivity index (χ3v) is 2.36. The number of hydrogen-bond donors (Lipinski definition) is 1. The topological polar surface area (TPSA) is 38.9 Å². The number of halogens is 1. The van der Waals surface area contributed by atoms with Gasteiger partial charge in [-0.3, -0.25) is 4.98 Å². The Kier molecular flexibility index (Phi) is 2.50. The molecule has 0 atom stereocenters. The fourth-order valence-electron chi connectivity index (χ4n) is 1.29. The second-order valence-corrected chi connectivity index (χ2v) is 3.87. The molecule has 70 valence electrons. The van der Waals surface area contributed by atoms with Crippen molar-refractivity contribution in [3.8, 4) is 11.3 Å². The number of hydrogen-bond acceptors (Lipinski definition) is 2. The van der Waals surface area contributed by atoms with Crippen LogP contribution in [0.25, 0.3) is 11.3 Å². The molecule has 1 heterocycles. The Labute approximate surface area is 90.9 Å². The standard InChI is InChI=1S/C11H9BrN2/c12-9-6-10(13)11(14-7-9)8-4-2-1-3-5-8/h1-7H,13H2. The van der Waals surface area contributed by atoms with Gasteiger partial charge in [0.05, 0.1) is 11.4 Å². The summed E-state index contributed by atoms with van der Waals surface area (Å²) in [4.78, 5) is 4.28. The van der Waals surface area contributed by atoms with Gasteiger partial charge in [-0.1, -0.05) is 30.3 Å². The number of benzene rings is 1. The van der Waals surface area contributed by atoms with Crippen molar-refractivity contribution in [2.45, 2.75) is 0 Å². The minimum Gasteiger partial charge on any atom is -0.397 e. The Morgan fingerprint density at radius 3 is 2.50 bits per heavy atom. The highest BCUT2D eigenvalue weighted by Gasteiger charge is 2.03. The largest absolute Gasteiger partial charge is 0.397 e. The molecule has 2 rings (SSSR count). The van der Waals surface area contributed by atoms with Gasteiger partial charge in [-0.2, -0.15) is 0 Å². The summed E-state index contributed by atoms with van der Waals surface area (Å²) in [5.41, 5.74) is 8.41. The van der Waals surface area contributed by atoms with Crippen LogP contribution in [0.1, 0.15) is 0 Å². The number of nitrogens with two attached hydrogens (primary N) is 1. The van der Waals surface area contributed by atoms with Gasteiger partial charge >= 0.3 is 0 Å². The van der Waals surface area contributed by atoms with Gasteiger partial charge in [-0.25, -0.2) is 0 Å². The SMILES string of the molecule is Nc1cc(Br)cnc1-c1ccccc1. The highest BCUT2D eigenvalue weighted by atomic mass is 79.9. The summed E-state index contributed by atoms with van der Waals surface area (Å²) in [6, 6.07) is 11.8. The molecule has 2 aromatic rings. The molecule has 1 aromatic carbocycles. The zero-order chi connectivity index (χ0) is 9.97. The first-order valence-corrected chi connectivity index (χ1v) is 5.03. The van der Waals surface area contributed by atoms with Crippen LogP contribution in [0.4, 0.5) is 5.69 Å². The van der Waals surface area contributed by atoms with Crippen LogP contribution in [-0.2, 0) is 0 Å². The van der Waals surface area contributed by atoms with Gasteiger partial charge in [-0.15, -0.1) is 0 Å². The molecule has 0 spiro atoms. The Morgan fingerprint density at radius 2 is 1.86 bits per heavy atom. The summed E-state index contributed by atoms with van der Waals surface area (Å²) in [5.74, 6) is 0. The van der Waals surface area contributed by atoms with Crippen LogP contribution >= 0.6 is 15.9 Å². The van der Waals surface area contributed by atoms with E-state index in [2.05, 4.69) is 20.9 Å². The normalized spacial score (nSPS) is 10.1. The van der Waals surface area contributed by atoms with Crippen LogP contribution in [0.15, 0.2) is 47.1 Å². The summed E-state index contributed by atoms with van der Waals surface area (Å²) in [6.07, 6.45) is 1.75. The van der Waals surface area contributed by atoms with Gasteiger partial charge in [0.2, 0.25) is 0 Å². The number of aromatic nitrogens is 1. The first kappa shape index (κ1) is 9.21. The van der Waals surface area contributed by atoms with E-state index in [-0.39, 0.29) is 0 Å². The van der Waals surface area contributed by atoms with Crippen LogP contribution in [0.3, 0.4) is 0 Å². The molecule has 0 amide bonds. The van der Waals surface area contributed by atoms with E-state index >= 15 is 0 Å². The Bertz CT molecular complexity index is 440. The number of rotatable bonds is 1. The molecule has 0 saturated carbocycles. The predicted molar refractivity (Wildman–Crippen MR) is 61.8 cm³/mol. The van der Waals surface area contributed by atoms with Crippen molar-refractivity contribution in [1.29, 1.82) is 0 Å². The molecule has 0 aliphatic carbocycles. The van der Waals surface area contributed by atoms with Gasteiger partial charge in [-0.05, 0) is 22.0 Å². The quantitative estimate of drug-likeness (QED) is 0.843. The number of anilines is 1. The van der Waals surface area contributed by atoms with Crippen molar-refractivity contribution in [1.82, 2.24) is 4.98 Å². The highest BCUT2D eigenvalue weighted by Crippen LogP contribution is 2.25. The Hall–Kier alpha value is -1.35. The van der Waals surface area contributed by atoms with Gasteiger partial charge in [0, 0.05) is 16.2 Å². The lowest BCUT2D eigenvalue weighted by Crippen LogP contribution is -1.92. The Balaban J connectivity index is 2.53. The molecule has 0 bridgehead atoms. The lowest BCUT2D eigenvalue weighted by Gasteiger charge is -2.04. The summed E-state index contributed by atoms with van der Waals surface area (Å²) >= 11 is 3.33. The van der Waals surface area contributed by atoms with Crippen LogP contribution in [0.5, 0.6) is 0 Å². The first-order chi connectivity index (χ1) is 6.77. The second-order valence-electron chi connectivity index (χ2n) is 2.96. The molecule has 2 N–H and O–H groups in total. The maximum Gasteiger partial charge on any atom is 0.0931 e. The summed E-state index contributed by atoms with van der Waals surface area (Å²) < 4.78 is 0.898. The summed E-state index contributed by atoms with van der Waals surface area (Å²) in [7, 11) is 0. The maximum atomic E-state index is 5.86. The van der Waals surface area contributed by atoms with E-state index in [4.69, 9.17) is 5.73 Å². The van der Waals surface area contributed by atoms with E-state index < -0.39 is 0 Å². The first-order valence-electron chi connectivity index (χ1n) is 4.24. The summed E-state index contributed by atoms with van der Waals surface area (Å²) in [6.45, 7) is 0. The van der Waals surface area contributed by atoms with Crippen molar-refractivity contribution >= 4 is 21.6 Å². The molecule has 0 fully saturated rings. The fourth-order valence-corrected chi connectivity index (χ4v) is 1.64. The third-order valence-electron chi connectivity index (χ3n) is 1.93. The molecule has 2 nitrogen and oxygen atoms in total. The van der Waals surface area contributed by atoms with Gasteiger partial charge in [0.25, 0.3) is 0 Å². The van der Waals surface area contributed by atoms with Crippen LogP contribution in [0.2, 0.25) is 0 Å². The van der Waals surface area contributed by atoms with Gasteiger partial charge < -0.3 is 5.73 Å². The highest BCUT2D eigenvalue weighted by molar-refractivity contribution is 9.10. The molecule has 14 heavy (non-hydrogen) atoms. The number of nitrogens with zero attached hydrogens (tertiary/aromatic N) is 1. The van der Waals surface area contributed by atoms with Gasteiger partial charge in [0.1, 0.15) is 0 Å². The maximum absolute atomic E-state index is 5.86. The molecule has 0 radical (unpaired) electrons. The molecule has 0 aliphatic rings. The minimum absolute atomic E-state index is 0.686. The molecule has 0 unspecified atom stereocenters. The van der Waals surface area contributed by atoms with Crippen molar-refractivity contribution in [3.05, 3.63) is 47.1 Å². The Morgan fingerprint density at radius 1 is 1.14 bits per heavy atom. The third kappa shape index (κ3) is 1.77. The van der Waals surface area contributed by atoms with Crippen LogP contribution < -0.4 is 5.73 Å². The van der Waals surface area contributed by atoms with E-state index in [0.717, 1.165) is 15.7 Å². The van der Waals surface area contributed by atoms with E-state index in [1.165, 1.54) is 0 Å². The number of pyridine rings is 1. The van der Waals surface area contributed by atoms with Crippen LogP contribution in [-0.4, -0.2) is 4.98 Å². The van der Waals surface area contributed by atoms with E-state index in [1.54, 1.807) is 6.20 Å². The second kappa shape index (κ2) is 3.80. The van der Waals surface area contributed by atoms with E-state index in [1.807, 2.05) is 36.4 Å². The van der Waals surface area contributed by atoms with Crippen molar-refractivity contribution < 1.29 is 0 Å². The molecule has 3 heteroatoms. The minimum atomic E-state index is 0.686. The number of nitrogen functional groups attached to an aromatic ring is 1. The van der Waals surface area contributed by atoms with Crippen molar-refractivity contribution in [3.63, 3.8) is 0 Å². The van der Waals surface area contributed by atoms with E-state index in [0.29, 0.717) is 5.69 Å². The lowest BCUT2D eigenvalue weighted by molar-refractivity contribution is 1.31. The molecule has 1 aromatic heterocycles. The monoisotopic (exact) mass is 248 g/mol. The predicted octanol–water partition coefficient (Wildman–Crippen LogP) is 3.09. The van der Waals surface area contributed by atoms with Gasteiger partial charge in [0.15, 0.2) is 0 Å². The van der Waals surface area contributed by atoms with Crippen LogP contribution in [0, 0.1) is 0 Å². The summed E-state index contributed by atoms with van der Waals surface area (Å²) in [5, 5.41) is 0. The molecular weight excluding hydrogens is 240 g/mol. The molecule has 0 saturated heterocycles. The van der Waals surface area contributed by atoms with Crippen molar-refractivity contribution in [2.24, 2.45) is 0 Å². The smallest absolute Gasteiger partial charge is 0.0931 e. The van der Waals surface area contributed by atoms with E-state index in [9.17, 15) is 0 Å². The zero-order valence-electron chi connectivity index (χ0n) is 7.44. The lowest BCUT2D eigenvalue weighted by atomic mass is 10.1. The average Bonchev–Trinajstić information content (AvgIpc) is 2.19. The average molecular weight is 249 g/mol. The fraction of sp³-hybridized carbons (Fsp3) is 0. The molecule has 0 aliphatic heterocycles. The van der Waals surface area contributed by atoms with Crippen molar-refractivity contribution in [2.75, 3.05) is 5.73 Å². The zero-order valence-corrected chi connectivity index (χ0v) is 9.03. The molecular formula is C11H9BrN2.